The van der Waals surface area contributed by atoms with E-state index in [0.717, 1.165) is 0 Å². The highest BCUT2D eigenvalue weighted by Crippen LogP contribution is 2.16. The lowest BCUT2D eigenvalue weighted by molar-refractivity contribution is 0.238. The van der Waals surface area contributed by atoms with E-state index < -0.39 is 0 Å². The molecule has 0 amide bonds. The van der Waals surface area contributed by atoms with Crippen molar-refractivity contribution in [1.82, 2.24) is 15.0 Å². The van der Waals surface area contributed by atoms with Gasteiger partial charge in [0.15, 0.2) is 0 Å². The molecule has 2 rings (SSSR count). The van der Waals surface area contributed by atoms with Crippen molar-refractivity contribution in [3.8, 4) is 18.0 Å². The fourth-order valence-electron chi connectivity index (χ4n) is 0.843. The lowest BCUT2D eigenvalue weighted by Gasteiger charge is -2.04. The van der Waals surface area contributed by atoms with Gasteiger partial charge in [0.25, 0.3) is 0 Å². The van der Waals surface area contributed by atoms with Gasteiger partial charge in [0, 0.05) is 0 Å². The molecule has 1 unspecified atom stereocenters. The van der Waals surface area contributed by atoms with E-state index in [9.17, 15) is 0 Å². The molecule has 1 saturated heterocycles. The molecular formula is C7H8ClN3O4. The SMILES string of the molecule is COc1nc(OCl)nc(OCC2CO2)n1. The Kier molecular flexibility index (Phi) is 3.02. The molecule has 8 heteroatoms. The number of nitrogens with zero attached hydrogens (tertiary/aromatic N) is 3. The van der Waals surface area contributed by atoms with Gasteiger partial charge in [0.2, 0.25) is 0 Å². The molecule has 0 spiro atoms. The minimum absolute atomic E-state index is 0.0739. The Morgan fingerprint density at radius 2 is 2.00 bits per heavy atom. The molecule has 15 heavy (non-hydrogen) atoms. The minimum Gasteiger partial charge on any atom is -0.467 e. The van der Waals surface area contributed by atoms with E-state index >= 15 is 0 Å². The summed E-state index contributed by atoms with van der Waals surface area (Å²) < 4.78 is 19.3. The van der Waals surface area contributed by atoms with E-state index in [-0.39, 0.29) is 24.1 Å². The Morgan fingerprint density at radius 1 is 1.33 bits per heavy atom. The molecule has 0 radical (unpaired) electrons. The first-order valence-electron chi connectivity index (χ1n) is 4.15. The summed E-state index contributed by atoms with van der Waals surface area (Å²) in [6.07, 6.45) is 0.119. The number of halogens is 1. The van der Waals surface area contributed by atoms with Crippen LogP contribution in [-0.2, 0) is 4.74 Å². The summed E-state index contributed by atoms with van der Waals surface area (Å²) in [5, 5.41) is 0. The largest absolute Gasteiger partial charge is 0.467 e. The lowest BCUT2D eigenvalue weighted by Crippen LogP contribution is -2.08. The van der Waals surface area contributed by atoms with Gasteiger partial charge in [-0.05, 0) is 0 Å². The normalized spacial score (nSPS) is 18.4. The molecule has 0 bridgehead atoms. The van der Waals surface area contributed by atoms with Crippen LogP contribution in [0, 0.1) is 0 Å². The van der Waals surface area contributed by atoms with Crippen LogP contribution < -0.4 is 13.8 Å². The molecule has 1 aliphatic heterocycles. The van der Waals surface area contributed by atoms with Crippen LogP contribution in [0.25, 0.3) is 0 Å². The van der Waals surface area contributed by atoms with Crippen LogP contribution in [0.15, 0.2) is 0 Å². The number of aromatic nitrogens is 3. The van der Waals surface area contributed by atoms with Gasteiger partial charge < -0.3 is 18.5 Å². The molecule has 0 saturated carbocycles. The van der Waals surface area contributed by atoms with Crippen molar-refractivity contribution in [3.63, 3.8) is 0 Å². The second kappa shape index (κ2) is 4.45. The number of epoxide rings is 1. The van der Waals surface area contributed by atoms with Crippen molar-refractivity contribution in [3.05, 3.63) is 0 Å². The number of methoxy groups -OCH3 is 1. The standard InChI is InChI=1S/C7H8ClN3O4/c1-12-5-9-6(11-7(10-5)15-8)14-3-4-2-13-4/h4H,2-3H2,1H3. The van der Waals surface area contributed by atoms with Gasteiger partial charge in [-0.1, -0.05) is 0 Å². The average Bonchev–Trinajstić information content (AvgIpc) is 3.09. The van der Waals surface area contributed by atoms with Crippen molar-refractivity contribution in [2.24, 2.45) is 0 Å². The van der Waals surface area contributed by atoms with Gasteiger partial charge >= 0.3 is 18.0 Å². The predicted octanol–water partition coefficient (Wildman–Crippen LogP) is 0.190. The second-order valence-corrected chi connectivity index (χ2v) is 2.89. The number of hydrogen-bond donors (Lipinski definition) is 0. The van der Waals surface area contributed by atoms with E-state index in [4.69, 9.17) is 26.1 Å². The van der Waals surface area contributed by atoms with Gasteiger partial charge in [-0.25, -0.2) is 0 Å². The van der Waals surface area contributed by atoms with Crippen molar-refractivity contribution in [1.29, 1.82) is 0 Å². The summed E-state index contributed by atoms with van der Waals surface area (Å²) in [7, 11) is 1.42. The maximum atomic E-state index is 5.21. The molecule has 0 N–H and O–H groups in total. The zero-order valence-corrected chi connectivity index (χ0v) is 8.60. The molecule has 0 aromatic carbocycles. The first kappa shape index (κ1) is 10.2. The van der Waals surface area contributed by atoms with E-state index in [1.807, 2.05) is 0 Å². The fraction of sp³-hybridized carbons (Fsp3) is 0.571. The molecule has 1 aliphatic rings. The van der Waals surface area contributed by atoms with Gasteiger partial charge in [-0.2, -0.15) is 0 Å². The monoisotopic (exact) mass is 233 g/mol. The highest BCUT2D eigenvalue weighted by atomic mass is 35.5. The first-order chi connectivity index (χ1) is 7.31. The third kappa shape index (κ3) is 2.80. The molecule has 2 heterocycles. The van der Waals surface area contributed by atoms with Crippen LogP contribution in [-0.4, -0.2) is 41.4 Å². The van der Waals surface area contributed by atoms with Crippen LogP contribution in [0.4, 0.5) is 0 Å². The predicted molar refractivity (Wildman–Crippen MR) is 48.1 cm³/mol. The summed E-state index contributed by atoms with van der Waals surface area (Å²) in [6.45, 7) is 1.08. The average molecular weight is 234 g/mol. The van der Waals surface area contributed by atoms with Crippen LogP contribution in [0.1, 0.15) is 0 Å². The Hall–Kier alpha value is -1.34. The Balaban J connectivity index is 2.06. The van der Waals surface area contributed by atoms with E-state index in [1.165, 1.54) is 7.11 Å². The van der Waals surface area contributed by atoms with Crippen molar-refractivity contribution in [2.45, 2.75) is 6.10 Å². The topological polar surface area (TPSA) is 78.9 Å². The second-order valence-electron chi connectivity index (χ2n) is 2.73. The Morgan fingerprint density at radius 3 is 2.60 bits per heavy atom. The smallest absolute Gasteiger partial charge is 0.344 e. The minimum atomic E-state index is -0.0739. The molecular weight excluding hydrogens is 226 g/mol. The van der Waals surface area contributed by atoms with Crippen LogP contribution in [0.5, 0.6) is 18.0 Å². The lowest BCUT2D eigenvalue weighted by atomic mass is 10.5. The third-order valence-electron chi connectivity index (χ3n) is 1.63. The quantitative estimate of drug-likeness (QED) is 0.672. The summed E-state index contributed by atoms with van der Waals surface area (Å²) in [4.78, 5) is 11.3. The zero-order valence-electron chi connectivity index (χ0n) is 7.84. The van der Waals surface area contributed by atoms with Gasteiger partial charge in [-0.3, -0.25) is 0 Å². The number of hydrogen-bond acceptors (Lipinski definition) is 7. The van der Waals surface area contributed by atoms with Crippen LogP contribution >= 0.6 is 11.9 Å². The molecule has 1 fully saturated rings. The van der Waals surface area contributed by atoms with Gasteiger partial charge in [0.05, 0.1) is 13.7 Å². The molecule has 1 aromatic heterocycles. The summed E-state index contributed by atoms with van der Waals surface area (Å²) in [5.41, 5.74) is 0. The van der Waals surface area contributed by atoms with Crippen LogP contribution in [0.3, 0.4) is 0 Å². The molecule has 1 atom stereocenters. The van der Waals surface area contributed by atoms with Gasteiger partial charge in [0.1, 0.15) is 24.6 Å². The van der Waals surface area contributed by atoms with Crippen molar-refractivity contribution in [2.75, 3.05) is 20.3 Å². The maximum Gasteiger partial charge on any atom is 0.344 e. The Bertz CT molecular complexity index is 325. The molecule has 0 aliphatic carbocycles. The summed E-state index contributed by atoms with van der Waals surface area (Å²) in [6, 6.07) is 0.0931. The summed E-state index contributed by atoms with van der Waals surface area (Å²) >= 11 is 5.11. The third-order valence-corrected chi connectivity index (χ3v) is 1.76. The highest BCUT2D eigenvalue weighted by molar-refractivity contribution is 6.08. The van der Waals surface area contributed by atoms with E-state index in [2.05, 4.69) is 19.2 Å². The van der Waals surface area contributed by atoms with Crippen LogP contribution in [0.2, 0.25) is 0 Å². The van der Waals surface area contributed by atoms with Crippen molar-refractivity contribution < 1.29 is 18.5 Å². The highest BCUT2D eigenvalue weighted by Gasteiger charge is 2.24. The number of ether oxygens (including phenoxy) is 3. The maximum absolute atomic E-state index is 5.21. The van der Waals surface area contributed by atoms with Crippen molar-refractivity contribution >= 4 is 11.9 Å². The summed E-state index contributed by atoms with van der Waals surface area (Å²) in [5.74, 6) is 0. The van der Waals surface area contributed by atoms with E-state index in [1.54, 1.807) is 0 Å². The number of rotatable bonds is 5. The molecule has 1 aromatic rings. The van der Waals surface area contributed by atoms with E-state index in [0.29, 0.717) is 13.2 Å². The fourth-order valence-corrected chi connectivity index (χ4v) is 0.912. The van der Waals surface area contributed by atoms with Gasteiger partial charge in [-0.15, -0.1) is 15.0 Å². The molecule has 7 nitrogen and oxygen atoms in total. The molecule has 82 valence electrons. The first-order valence-corrected chi connectivity index (χ1v) is 4.45. The zero-order chi connectivity index (χ0) is 10.7. The Labute approximate surface area is 90.5 Å².